The molecule has 2 aromatic rings. The second-order valence-electron chi connectivity index (χ2n) is 7.59. The van der Waals surface area contributed by atoms with E-state index in [0.29, 0.717) is 27.0 Å². The molecule has 0 aliphatic carbocycles. The maximum Gasteiger partial charge on any atom is 0.262 e. The van der Waals surface area contributed by atoms with Gasteiger partial charge in [-0.15, -0.1) is 0 Å². The van der Waals surface area contributed by atoms with E-state index >= 15 is 0 Å². The van der Waals surface area contributed by atoms with Gasteiger partial charge in [0.2, 0.25) is 5.91 Å². The number of halogens is 1. The van der Waals surface area contributed by atoms with Crippen LogP contribution in [-0.2, 0) is 4.79 Å². The van der Waals surface area contributed by atoms with Crippen molar-refractivity contribution in [1.29, 1.82) is 0 Å². The second kappa shape index (κ2) is 8.23. The van der Waals surface area contributed by atoms with Gasteiger partial charge in [-0.05, 0) is 57.7 Å². The van der Waals surface area contributed by atoms with Gasteiger partial charge in [-0.25, -0.2) is 4.98 Å². The van der Waals surface area contributed by atoms with Crippen molar-refractivity contribution >= 4 is 40.2 Å². The van der Waals surface area contributed by atoms with Crippen molar-refractivity contribution in [3.05, 3.63) is 33.6 Å². The zero-order valence-electron chi connectivity index (χ0n) is 16.2. The van der Waals surface area contributed by atoms with Crippen molar-refractivity contribution in [2.45, 2.75) is 57.0 Å². The maximum absolute atomic E-state index is 13.0. The van der Waals surface area contributed by atoms with Gasteiger partial charge in [0.1, 0.15) is 0 Å². The van der Waals surface area contributed by atoms with E-state index in [9.17, 15) is 9.59 Å². The SMILES string of the molecule is CC1CCN(C(=O)[C@@H](C)Sc2nc3cc(Cl)ccc3c(=O)n2C(C)C)CC1. The van der Waals surface area contributed by atoms with Crippen LogP contribution in [-0.4, -0.2) is 38.7 Å². The monoisotopic (exact) mass is 407 g/mol. The van der Waals surface area contributed by atoms with Crippen molar-refractivity contribution in [3.63, 3.8) is 0 Å². The Bertz CT molecular complexity index is 904. The minimum absolute atomic E-state index is 0.0503. The fraction of sp³-hybridized carbons (Fsp3) is 0.550. The van der Waals surface area contributed by atoms with Crippen molar-refractivity contribution in [3.8, 4) is 0 Å². The molecule has 0 bridgehead atoms. The summed E-state index contributed by atoms with van der Waals surface area (Å²) in [4.78, 5) is 32.4. The van der Waals surface area contributed by atoms with Crippen LogP contribution in [0.5, 0.6) is 0 Å². The summed E-state index contributed by atoms with van der Waals surface area (Å²) in [7, 11) is 0. The summed E-state index contributed by atoms with van der Waals surface area (Å²) in [6.07, 6.45) is 2.10. The second-order valence-corrected chi connectivity index (χ2v) is 9.34. The molecule has 2 heterocycles. The minimum atomic E-state index is -0.299. The molecule has 0 unspecified atom stereocenters. The van der Waals surface area contributed by atoms with E-state index in [1.165, 1.54) is 11.8 Å². The van der Waals surface area contributed by atoms with Gasteiger partial charge in [0.15, 0.2) is 5.16 Å². The Morgan fingerprint density at radius 2 is 1.93 bits per heavy atom. The number of piperidine rings is 1. The zero-order valence-corrected chi connectivity index (χ0v) is 17.8. The highest BCUT2D eigenvalue weighted by molar-refractivity contribution is 8.00. The largest absolute Gasteiger partial charge is 0.342 e. The molecular weight excluding hydrogens is 382 g/mol. The van der Waals surface area contributed by atoms with E-state index < -0.39 is 0 Å². The summed E-state index contributed by atoms with van der Waals surface area (Å²) >= 11 is 7.43. The van der Waals surface area contributed by atoms with Crippen LogP contribution in [0.25, 0.3) is 10.9 Å². The molecule has 1 atom stereocenters. The molecule has 1 aliphatic rings. The highest BCUT2D eigenvalue weighted by Crippen LogP contribution is 2.28. The lowest BCUT2D eigenvalue weighted by atomic mass is 9.99. The molecule has 3 rings (SSSR count). The molecule has 146 valence electrons. The van der Waals surface area contributed by atoms with Gasteiger partial charge in [0, 0.05) is 24.2 Å². The number of hydrogen-bond acceptors (Lipinski definition) is 4. The Morgan fingerprint density at radius 1 is 1.26 bits per heavy atom. The maximum atomic E-state index is 13.0. The normalized spacial score (nSPS) is 16.9. The topological polar surface area (TPSA) is 55.2 Å². The van der Waals surface area contributed by atoms with Crippen LogP contribution < -0.4 is 5.56 Å². The zero-order chi connectivity index (χ0) is 19.7. The third kappa shape index (κ3) is 4.32. The first-order valence-electron chi connectivity index (χ1n) is 9.45. The standard InChI is InChI=1S/C20H26ClN3O2S/c1-12(2)24-19(26)16-6-5-15(21)11-17(16)22-20(24)27-14(4)18(25)23-9-7-13(3)8-10-23/h5-6,11-14H,7-10H2,1-4H3/t14-/m1/s1. The lowest BCUT2D eigenvalue weighted by Crippen LogP contribution is -2.42. The van der Waals surface area contributed by atoms with Crippen LogP contribution in [0.15, 0.2) is 28.2 Å². The van der Waals surface area contributed by atoms with Crippen LogP contribution in [0.2, 0.25) is 5.02 Å². The fourth-order valence-electron chi connectivity index (χ4n) is 3.38. The molecule has 27 heavy (non-hydrogen) atoms. The highest BCUT2D eigenvalue weighted by atomic mass is 35.5. The number of amides is 1. The van der Waals surface area contributed by atoms with E-state index in [1.807, 2.05) is 25.7 Å². The molecule has 0 saturated carbocycles. The molecule has 1 amide bonds. The fourth-order valence-corrected chi connectivity index (χ4v) is 4.68. The lowest BCUT2D eigenvalue weighted by molar-refractivity contribution is -0.131. The molecule has 7 heteroatoms. The molecule has 1 fully saturated rings. The molecule has 1 aromatic carbocycles. The predicted molar refractivity (Wildman–Crippen MR) is 112 cm³/mol. The number of carbonyl (C=O) groups excluding carboxylic acids is 1. The number of nitrogens with zero attached hydrogens (tertiary/aromatic N) is 3. The molecule has 5 nitrogen and oxygen atoms in total. The third-order valence-electron chi connectivity index (χ3n) is 5.07. The summed E-state index contributed by atoms with van der Waals surface area (Å²) in [6.45, 7) is 9.64. The number of benzene rings is 1. The Kier molecular flexibility index (Phi) is 6.16. The van der Waals surface area contributed by atoms with Gasteiger partial charge in [-0.3, -0.25) is 14.2 Å². The molecule has 1 aromatic heterocycles. The van der Waals surface area contributed by atoms with Gasteiger partial charge >= 0.3 is 0 Å². The number of rotatable bonds is 4. The minimum Gasteiger partial charge on any atom is -0.342 e. The van der Waals surface area contributed by atoms with Crippen molar-refractivity contribution < 1.29 is 4.79 Å². The van der Waals surface area contributed by atoms with Crippen molar-refractivity contribution in [1.82, 2.24) is 14.5 Å². The molecule has 1 aliphatic heterocycles. The first kappa shape index (κ1) is 20.2. The van der Waals surface area contributed by atoms with Gasteiger partial charge in [0.25, 0.3) is 5.56 Å². The van der Waals surface area contributed by atoms with Crippen molar-refractivity contribution in [2.75, 3.05) is 13.1 Å². The lowest BCUT2D eigenvalue weighted by Gasteiger charge is -2.32. The average molecular weight is 408 g/mol. The number of fused-ring (bicyclic) bond motifs is 1. The van der Waals surface area contributed by atoms with E-state index in [0.717, 1.165) is 25.9 Å². The van der Waals surface area contributed by atoms with Crippen LogP contribution in [0.1, 0.15) is 46.6 Å². The summed E-state index contributed by atoms with van der Waals surface area (Å²) in [5, 5.41) is 1.35. The first-order valence-corrected chi connectivity index (χ1v) is 10.7. The van der Waals surface area contributed by atoms with Gasteiger partial charge < -0.3 is 4.90 Å². The number of carbonyl (C=O) groups is 1. The summed E-state index contributed by atoms with van der Waals surface area (Å²) in [6, 6.07) is 5.06. The summed E-state index contributed by atoms with van der Waals surface area (Å²) in [5.74, 6) is 0.790. The Labute approximate surface area is 169 Å². The molecule has 1 saturated heterocycles. The molecule has 0 spiro atoms. The van der Waals surface area contributed by atoms with Crippen LogP contribution >= 0.6 is 23.4 Å². The number of hydrogen-bond donors (Lipinski definition) is 0. The quantitative estimate of drug-likeness (QED) is 0.557. The van der Waals surface area contributed by atoms with E-state index in [-0.39, 0.29) is 22.8 Å². The van der Waals surface area contributed by atoms with Gasteiger partial charge in [-0.1, -0.05) is 30.3 Å². The van der Waals surface area contributed by atoms with Crippen LogP contribution in [0.4, 0.5) is 0 Å². The summed E-state index contributed by atoms with van der Waals surface area (Å²) < 4.78 is 1.67. The third-order valence-corrected chi connectivity index (χ3v) is 6.36. The number of aromatic nitrogens is 2. The van der Waals surface area contributed by atoms with E-state index in [1.54, 1.807) is 22.8 Å². The van der Waals surface area contributed by atoms with Gasteiger partial charge in [-0.2, -0.15) is 0 Å². The first-order chi connectivity index (χ1) is 12.8. The van der Waals surface area contributed by atoms with E-state index in [2.05, 4.69) is 11.9 Å². The molecule has 0 N–H and O–H groups in total. The Morgan fingerprint density at radius 3 is 2.56 bits per heavy atom. The summed E-state index contributed by atoms with van der Waals surface area (Å²) in [5.41, 5.74) is 0.471. The number of thioether (sulfide) groups is 1. The Hall–Kier alpha value is -1.53. The van der Waals surface area contributed by atoms with Crippen LogP contribution in [0, 0.1) is 5.92 Å². The smallest absolute Gasteiger partial charge is 0.262 e. The molecular formula is C20H26ClN3O2S. The van der Waals surface area contributed by atoms with Crippen LogP contribution in [0.3, 0.4) is 0 Å². The van der Waals surface area contributed by atoms with Gasteiger partial charge in [0.05, 0.1) is 16.2 Å². The molecule has 0 radical (unpaired) electrons. The van der Waals surface area contributed by atoms with Crippen molar-refractivity contribution in [2.24, 2.45) is 5.92 Å². The predicted octanol–water partition coefficient (Wildman–Crippen LogP) is 4.37. The average Bonchev–Trinajstić information content (AvgIpc) is 2.61. The Balaban J connectivity index is 1.92. The number of likely N-dealkylation sites (tertiary alicyclic amines) is 1. The highest BCUT2D eigenvalue weighted by Gasteiger charge is 2.27. The van der Waals surface area contributed by atoms with E-state index in [4.69, 9.17) is 11.6 Å².